The van der Waals surface area contributed by atoms with Crippen molar-refractivity contribution in [2.75, 3.05) is 19.8 Å². The molecule has 0 saturated heterocycles. The standard InChI is InChI=1S/C22H27N3O3/c1-4-27-20-11-10-17(14-21(20)28-5-2)12-13-23-22(26)16(3)25-15-24-18-8-6-7-9-19(18)25/h6-11,14-16H,4-5,12-13H2,1-3H3,(H,23,26). The van der Waals surface area contributed by atoms with Crippen molar-refractivity contribution in [1.82, 2.24) is 14.9 Å². The molecule has 3 rings (SSSR count). The molecule has 1 atom stereocenters. The highest BCUT2D eigenvalue weighted by Crippen LogP contribution is 2.28. The maximum absolute atomic E-state index is 12.6. The smallest absolute Gasteiger partial charge is 0.242 e. The molecule has 2 aromatic carbocycles. The van der Waals surface area contributed by atoms with Crippen molar-refractivity contribution < 1.29 is 14.3 Å². The van der Waals surface area contributed by atoms with E-state index in [-0.39, 0.29) is 11.9 Å². The third-order valence-electron chi connectivity index (χ3n) is 4.60. The summed E-state index contributed by atoms with van der Waals surface area (Å²) in [7, 11) is 0. The Kier molecular flexibility index (Phi) is 6.53. The second-order valence-corrected chi connectivity index (χ2v) is 6.50. The van der Waals surface area contributed by atoms with Crippen LogP contribution in [-0.4, -0.2) is 35.2 Å². The first-order chi connectivity index (χ1) is 13.6. The number of nitrogens with zero attached hydrogens (tertiary/aromatic N) is 2. The first-order valence-corrected chi connectivity index (χ1v) is 9.71. The predicted octanol–water partition coefficient (Wildman–Crippen LogP) is 3.75. The van der Waals surface area contributed by atoms with Crippen LogP contribution in [0.25, 0.3) is 11.0 Å². The summed E-state index contributed by atoms with van der Waals surface area (Å²) >= 11 is 0. The lowest BCUT2D eigenvalue weighted by Gasteiger charge is -2.15. The highest BCUT2D eigenvalue weighted by atomic mass is 16.5. The van der Waals surface area contributed by atoms with Crippen molar-refractivity contribution in [2.24, 2.45) is 0 Å². The lowest BCUT2D eigenvalue weighted by atomic mass is 10.1. The Balaban J connectivity index is 1.59. The van der Waals surface area contributed by atoms with Gasteiger partial charge in [0.1, 0.15) is 6.04 Å². The molecule has 1 heterocycles. The third-order valence-corrected chi connectivity index (χ3v) is 4.60. The van der Waals surface area contributed by atoms with Gasteiger partial charge in [0.15, 0.2) is 11.5 Å². The van der Waals surface area contributed by atoms with E-state index in [2.05, 4.69) is 10.3 Å². The summed E-state index contributed by atoms with van der Waals surface area (Å²) in [6, 6.07) is 13.4. The van der Waals surface area contributed by atoms with E-state index in [4.69, 9.17) is 9.47 Å². The average molecular weight is 381 g/mol. The number of carbonyl (C=O) groups excluding carboxylic acids is 1. The molecular weight excluding hydrogens is 354 g/mol. The zero-order valence-corrected chi connectivity index (χ0v) is 16.6. The first-order valence-electron chi connectivity index (χ1n) is 9.71. The molecule has 3 aromatic rings. The molecule has 0 saturated carbocycles. The van der Waals surface area contributed by atoms with Crippen LogP contribution in [0.1, 0.15) is 32.4 Å². The quantitative estimate of drug-likeness (QED) is 0.613. The molecule has 6 heteroatoms. The number of amides is 1. The minimum Gasteiger partial charge on any atom is -0.490 e. The van der Waals surface area contributed by atoms with Gasteiger partial charge in [0.25, 0.3) is 0 Å². The molecule has 1 N–H and O–H groups in total. The number of para-hydroxylation sites is 2. The number of nitrogens with one attached hydrogen (secondary N) is 1. The highest BCUT2D eigenvalue weighted by Gasteiger charge is 2.16. The van der Waals surface area contributed by atoms with Gasteiger partial charge < -0.3 is 19.4 Å². The Bertz CT molecular complexity index is 936. The van der Waals surface area contributed by atoms with Crippen LogP contribution in [0.3, 0.4) is 0 Å². The molecule has 0 radical (unpaired) electrons. The van der Waals surface area contributed by atoms with E-state index in [1.807, 2.05) is 67.8 Å². The van der Waals surface area contributed by atoms with E-state index in [1.165, 1.54) is 0 Å². The van der Waals surface area contributed by atoms with Crippen molar-refractivity contribution in [3.8, 4) is 11.5 Å². The number of ether oxygens (including phenoxy) is 2. The summed E-state index contributed by atoms with van der Waals surface area (Å²) < 4.78 is 13.2. The number of rotatable bonds is 9. The van der Waals surface area contributed by atoms with Gasteiger partial charge in [0.2, 0.25) is 5.91 Å². The number of carbonyl (C=O) groups is 1. The average Bonchev–Trinajstić information content (AvgIpc) is 3.13. The van der Waals surface area contributed by atoms with Crippen LogP contribution in [0.4, 0.5) is 0 Å². The minimum atomic E-state index is -0.327. The summed E-state index contributed by atoms with van der Waals surface area (Å²) in [5.74, 6) is 1.46. The normalized spacial score (nSPS) is 12.0. The Morgan fingerprint density at radius 3 is 2.64 bits per heavy atom. The fraction of sp³-hybridized carbons (Fsp3) is 0.364. The van der Waals surface area contributed by atoms with E-state index in [0.717, 1.165) is 34.5 Å². The number of hydrogen-bond donors (Lipinski definition) is 1. The minimum absolute atomic E-state index is 0.0286. The maximum Gasteiger partial charge on any atom is 0.242 e. The maximum atomic E-state index is 12.6. The van der Waals surface area contributed by atoms with Crippen LogP contribution >= 0.6 is 0 Å². The van der Waals surface area contributed by atoms with Gasteiger partial charge in [0.05, 0.1) is 30.6 Å². The van der Waals surface area contributed by atoms with Gasteiger partial charge in [-0.05, 0) is 57.0 Å². The van der Waals surface area contributed by atoms with Gasteiger partial charge in [-0.25, -0.2) is 4.98 Å². The van der Waals surface area contributed by atoms with Crippen LogP contribution in [0.2, 0.25) is 0 Å². The molecule has 0 bridgehead atoms. The molecule has 6 nitrogen and oxygen atoms in total. The van der Waals surface area contributed by atoms with Gasteiger partial charge in [-0.15, -0.1) is 0 Å². The Morgan fingerprint density at radius 2 is 1.86 bits per heavy atom. The molecule has 0 aliphatic heterocycles. The molecule has 1 amide bonds. The molecule has 0 fully saturated rings. The Morgan fingerprint density at radius 1 is 1.11 bits per heavy atom. The van der Waals surface area contributed by atoms with E-state index in [1.54, 1.807) is 6.33 Å². The molecule has 148 valence electrons. The summed E-state index contributed by atoms with van der Waals surface area (Å²) in [4.78, 5) is 16.9. The monoisotopic (exact) mass is 381 g/mol. The fourth-order valence-corrected chi connectivity index (χ4v) is 3.14. The molecule has 0 aliphatic rings. The lowest BCUT2D eigenvalue weighted by Crippen LogP contribution is -2.32. The fourth-order valence-electron chi connectivity index (χ4n) is 3.14. The summed E-state index contributed by atoms with van der Waals surface area (Å²) in [6.45, 7) is 7.50. The van der Waals surface area contributed by atoms with Gasteiger partial charge in [-0.1, -0.05) is 18.2 Å². The zero-order valence-electron chi connectivity index (χ0n) is 16.6. The van der Waals surface area contributed by atoms with Gasteiger partial charge in [-0.3, -0.25) is 4.79 Å². The predicted molar refractivity (Wildman–Crippen MR) is 110 cm³/mol. The van der Waals surface area contributed by atoms with Crippen molar-refractivity contribution in [2.45, 2.75) is 33.2 Å². The molecule has 1 unspecified atom stereocenters. The van der Waals surface area contributed by atoms with E-state index >= 15 is 0 Å². The zero-order chi connectivity index (χ0) is 19.9. The topological polar surface area (TPSA) is 65.4 Å². The van der Waals surface area contributed by atoms with Crippen molar-refractivity contribution >= 4 is 16.9 Å². The number of hydrogen-bond acceptors (Lipinski definition) is 4. The summed E-state index contributed by atoms with van der Waals surface area (Å²) in [5, 5.41) is 3.02. The molecule has 0 aliphatic carbocycles. The molecule has 28 heavy (non-hydrogen) atoms. The largest absolute Gasteiger partial charge is 0.490 e. The highest BCUT2D eigenvalue weighted by molar-refractivity contribution is 5.83. The number of aromatic nitrogens is 2. The number of fused-ring (bicyclic) bond motifs is 1. The van der Waals surface area contributed by atoms with Gasteiger partial charge in [-0.2, -0.15) is 0 Å². The van der Waals surface area contributed by atoms with E-state index in [9.17, 15) is 4.79 Å². The first kappa shape index (κ1) is 19.7. The summed E-state index contributed by atoms with van der Waals surface area (Å²) in [5.41, 5.74) is 2.94. The van der Waals surface area contributed by atoms with Crippen LogP contribution in [0, 0.1) is 0 Å². The molecule has 0 spiro atoms. The van der Waals surface area contributed by atoms with E-state index in [0.29, 0.717) is 19.8 Å². The SMILES string of the molecule is CCOc1ccc(CCNC(=O)C(C)n2cnc3ccccc32)cc1OCC. The lowest BCUT2D eigenvalue weighted by molar-refractivity contribution is -0.123. The van der Waals surface area contributed by atoms with Crippen LogP contribution in [0.15, 0.2) is 48.8 Å². The van der Waals surface area contributed by atoms with Crippen LogP contribution in [0.5, 0.6) is 11.5 Å². The second kappa shape index (κ2) is 9.26. The van der Waals surface area contributed by atoms with Crippen molar-refractivity contribution in [3.63, 3.8) is 0 Å². The van der Waals surface area contributed by atoms with Gasteiger partial charge in [0, 0.05) is 6.54 Å². The summed E-state index contributed by atoms with van der Waals surface area (Å²) in [6.07, 6.45) is 2.44. The van der Waals surface area contributed by atoms with E-state index < -0.39 is 0 Å². The molecule has 1 aromatic heterocycles. The second-order valence-electron chi connectivity index (χ2n) is 6.50. The van der Waals surface area contributed by atoms with Gasteiger partial charge >= 0.3 is 0 Å². The number of imidazole rings is 1. The Hall–Kier alpha value is -3.02. The molecular formula is C22H27N3O3. The van der Waals surface area contributed by atoms with Crippen molar-refractivity contribution in [3.05, 3.63) is 54.4 Å². The number of benzene rings is 2. The Labute approximate surface area is 165 Å². The van der Waals surface area contributed by atoms with Crippen molar-refractivity contribution in [1.29, 1.82) is 0 Å². The van der Waals surface area contributed by atoms with Crippen LogP contribution < -0.4 is 14.8 Å². The van der Waals surface area contributed by atoms with Crippen LogP contribution in [-0.2, 0) is 11.2 Å². The third kappa shape index (κ3) is 4.44.